The topological polar surface area (TPSA) is 75.8 Å². The zero-order valence-electron chi connectivity index (χ0n) is 11.9. The van der Waals surface area contributed by atoms with Crippen LogP contribution in [-0.2, 0) is 4.79 Å². The maximum Gasteiger partial charge on any atom is 0.322 e. The van der Waals surface area contributed by atoms with E-state index < -0.39 is 12.0 Å². The van der Waals surface area contributed by atoms with Crippen LogP contribution < -0.4 is 15.4 Å². The summed E-state index contributed by atoms with van der Waals surface area (Å²) in [6.45, 7) is 4.45. The second-order valence-corrected chi connectivity index (χ2v) is 4.91. The van der Waals surface area contributed by atoms with E-state index in [2.05, 4.69) is 13.8 Å². The molecule has 19 heavy (non-hydrogen) atoms. The van der Waals surface area contributed by atoms with Gasteiger partial charge in [0.25, 0.3) is 0 Å². The van der Waals surface area contributed by atoms with E-state index in [4.69, 9.17) is 15.6 Å². The van der Waals surface area contributed by atoms with Crippen LogP contribution in [0.15, 0.2) is 18.2 Å². The molecule has 1 unspecified atom stereocenters. The SMILES string of the molecule is COc1cc(C(C)C)ccc1N(C)CC(N)C(=O)O. The molecule has 3 N–H and O–H groups in total. The van der Waals surface area contributed by atoms with E-state index in [0.29, 0.717) is 5.92 Å². The molecule has 106 valence electrons. The van der Waals surface area contributed by atoms with Gasteiger partial charge in [-0.05, 0) is 23.6 Å². The molecule has 1 rings (SSSR count). The van der Waals surface area contributed by atoms with E-state index >= 15 is 0 Å². The number of nitrogens with two attached hydrogens (primary N) is 1. The van der Waals surface area contributed by atoms with Crippen molar-refractivity contribution in [2.45, 2.75) is 25.8 Å². The summed E-state index contributed by atoms with van der Waals surface area (Å²) < 4.78 is 5.37. The fraction of sp³-hybridized carbons (Fsp3) is 0.500. The van der Waals surface area contributed by atoms with E-state index in [1.165, 1.54) is 5.56 Å². The summed E-state index contributed by atoms with van der Waals surface area (Å²) in [5.41, 5.74) is 7.56. The third-order valence-corrected chi connectivity index (χ3v) is 3.07. The van der Waals surface area contributed by atoms with Crippen LogP contribution in [0.4, 0.5) is 5.69 Å². The third kappa shape index (κ3) is 3.86. The molecule has 5 nitrogen and oxygen atoms in total. The Morgan fingerprint density at radius 2 is 2.11 bits per heavy atom. The quantitative estimate of drug-likeness (QED) is 0.819. The van der Waals surface area contributed by atoms with Gasteiger partial charge < -0.3 is 20.5 Å². The van der Waals surface area contributed by atoms with Gasteiger partial charge >= 0.3 is 5.97 Å². The lowest BCUT2D eigenvalue weighted by Crippen LogP contribution is -2.41. The summed E-state index contributed by atoms with van der Waals surface area (Å²) in [5.74, 6) is 0.130. The second kappa shape index (κ2) is 6.43. The Bertz CT molecular complexity index is 446. The zero-order chi connectivity index (χ0) is 14.6. The zero-order valence-corrected chi connectivity index (χ0v) is 11.9. The minimum absolute atomic E-state index is 0.229. The van der Waals surface area contributed by atoms with Crippen molar-refractivity contribution in [2.75, 3.05) is 25.6 Å². The lowest BCUT2D eigenvalue weighted by molar-refractivity contribution is -0.138. The molecule has 0 saturated heterocycles. The first kappa shape index (κ1) is 15.3. The molecular weight excluding hydrogens is 244 g/mol. The monoisotopic (exact) mass is 266 g/mol. The summed E-state index contributed by atoms with van der Waals surface area (Å²) in [7, 11) is 3.41. The third-order valence-electron chi connectivity index (χ3n) is 3.07. The molecule has 1 atom stereocenters. The van der Waals surface area contributed by atoms with Crippen LogP contribution in [0, 0.1) is 0 Å². The molecule has 1 aromatic carbocycles. The van der Waals surface area contributed by atoms with Gasteiger partial charge in [-0.3, -0.25) is 4.79 Å². The first-order valence-corrected chi connectivity index (χ1v) is 6.24. The summed E-state index contributed by atoms with van der Waals surface area (Å²) in [6.07, 6.45) is 0. The molecule has 0 aliphatic rings. The molecular formula is C14H22N2O3. The number of benzene rings is 1. The van der Waals surface area contributed by atoms with Crippen molar-refractivity contribution in [3.63, 3.8) is 0 Å². The number of carbonyl (C=O) groups is 1. The molecule has 0 amide bonds. The molecule has 0 aliphatic heterocycles. The van der Waals surface area contributed by atoms with Gasteiger partial charge in [0, 0.05) is 13.6 Å². The van der Waals surface area contributed by atoms with Crippen LogP contribution in [-0.4, -0.2) is 37.8 Å². The predicted molar refractivity (Wildman–Crippen MR) is 76.0 cm³/mol. The maximum absolute atomic E-state index is 10.8. The highest BCUT2D eigenvalue weighted by Gasteiger charge is 2.17. The van der Waals surface area contributed by atoms with Crippen molar-refractivity contribution in [1.29, 1.82) is 0 Å². The minimum Gasteiger partial charge on any atom is -0.495 e. The van der Waals surface area contributed by atoms with E-state index in [-0.39, 0.29) is 6.54 Å². The second-order valence-electron chi connectivity index (χ2n) is 4.91. The van der Waals surface area contributed by atoms with Gasteiger partial charge in [0.2, 0.25) is 0 Å². The van der Waals surface area contributed by atoms with Gasteiger partial charge in [0.15, 0.2) is 0 Å². The van der Waals surface area contributed by atoms with E-state index in [0.717, 1.165) is 11.4 Å². The van der Waals surface area contributed by atoms with Crippen molar-refractivity contribution in [3.05, 3.63) is 23.8 Å². The van der Waals surface area contributed by atoms with Gasteiger partial charge in [-0.1, -0.05) is 19.9 Å². The van der Waals surface area contributed by atoms with Gasteiger partial charge in [0.1, 0.15) is 11.8 Å². The van der Waals surface area contributed by atoms with Gasteiger partial charge in [-0.25, -0.2) is 0 Å². The number of carboxylic acids is 1. The lowest BCUT2D eigenvalue weighted by Gasteiger charge is -2.24. The number of hydrogen-bond acceptors (Lipinski definition) is 4. The minimum atomic E-state index is -1.01. The summed E-state index contributed by atoms with van der Waals surface area (Å²) in [6, 6.07) is 5.01. The molecule has 0 aliphatic carbocycles. The number of ether oxygens (including phenoxy) is 1. The fourth-order valence-corrected chi connectivity index (χ4v) is 1.84. The Kier molecular flexibility index (Phi) is 5.18. The van der Waals surface area contributed by atoms with Crippen molar-refractivity contribution in [2.24, 2.45) is 5.73 Å². The molecule has 0 radical (unpaired) electrons. The molecule has 5 heteroatoms. The average Bonchev–Trinajstić information content (AvgIpc) is 2.37. The van der Waals surface area contributed by atoms with E-state index in [1.807, 2.05) is 18.2 Å². The van der Waals surface area contributed by atoms with E-state index in [9.17, 15) is 4.79 Å². The lowest BCUT2D eigenvalue weighted by atomic mass is 10.0. The first-order valence-electron chi connectivity index (χ1n) is 6.24. The van der Waals surface area contributed by atoms with Gasteiger partial charge in [-0.15, -0.1) is 0 Å². The van der Waals surface area contributed by atoms with Crippen LogP contribution >= 0.6 is 0 Å². The Balaban J connectivity index is 2.96. The molecule has 0 aromatic heterocycles. The van der Waals surface area contributed by atoms with Gasteiger partial charge in [0.05, 0.1) is 12.8 Å². The normalized spacial score (nSPS) is 12.3. The highest BCUT2D eigenvalue weighted by Crippen LogP contribution is 2.31. The standard InChI is InChI=1S/C14H22N2O3/c1-9(2)10-5-6-12(13(7-10)19-4)16(3)8-11(15)14(17)18/h5-7,9,11H,8,15H2,1-4H3,(H,17,18). The van der Waals surface area contributed by atoms with Crippen molar-refractivity contribution in [3.8, 4) is 5.75 Å². The first-order chi connectivity index (χ1) is 8.86. The van der Waals surface area contributed by atoms with Crippen LogP contribution in [0.25, 0.3) is 0 Å². The highest BCUT2D eigenvalue weighted by atomic mass is 16.5. The molecule has 0 heterocycles. The number of aliphatic carboxylic acids is 1. The summed E-state index contributed by atoms with van der Waals surface area (Å²) in [5, 5.41) is 8.84. The highest BCUT2D eigenvalue weighted by molar-refractivity contribution is 5.74. The number of rotatable bonds is 6. The Morgan fingerprint density at radius 1 is 1.47 bits per heavy atom. The Morgan fingerprint density at radius 3 is 2.58 bits per heavy atom. The number of nitrogens with zero attached hydrogens (tertiary/aromatic N) is 1. The number of carboxylic acid groups (broad SMARTS) is 1. The molecule has 1 aromatic rings. The van der Waals surface area contributed by atoms with Crippen LogP contribution in [0.5, 0.6) is 5.75 Å². The Labute approximate surface area is 114 Å². The number of hydrogen-bond donors (Lipinski definition) is 2. The van der Waals surface area contributed by atoms with Crippen molar-refractivity contribution < 1.29 is 14.6 Å². The summed E-state index contributed by atoms with van der Waals surface area (Å²) in [4.78, 5) is 12.6. The predicted octanol–water partition coefficient (Wildman–Crippen LogP) is 1.67. The smallest absolute Gasteiger partial charge is 0.322 e. The van der Waals surface area contributed by atoms with E-state index in [1.54, 1.807) is 19.1 Å². The van der Waals surface area contributed by atoms with Crippen molar-refractivity contribution in [1.82, 2.24) is 0 Å². The number of methoxy groups -OCH3 is 1. The molecule has 0 fully saturated rings. The van der Waals surface area contributed by atoms with Crippen LogP contribution in [0.2, 0.25) is 0 Å². The molecule has 0 spiro atoms. The molecule has 0 bridgehead atoms. The van der Waals surface area contributed by atoms with Crippen LogP contribution in [0.1, 0.15) is 25.3 Å². The van der Waals surface area contributed by atoms with Crippen molar-refractivity contribution >= 4 is 11.7 Å². The summed E-state index contributed by atoms with van der Waals surface area (Å²) >= 11 is 0. The maximum atomic E-state index is 10.8. The largest absolute Gasteiger partial charge is 0.495 e. The van der Waals surface area contributed by atoms with Crippen LogP contribution in [0.3, 0.4) is 0 Å². The number of likely N-dealkylation sites (N-methyl/N-ethyl adjacent to an activating group) is 1. The molecule has 0 saturated carbocycles. The Hall–Kier alpha value is -1.75. The fourth-order valence-electron chi connectivity index (χ4n) is 1.84. The average molecular weight is 266 g/mol. The van der Waals surface area contributed by atoms with Gasteiger partial charge in [-0.2, -0.15) is 0 Å². The number of anilines is 1.